The molecule has 0 unspecified atom stereocenters. The van der Waals surface area contributed by atoms with Crippen molar-refractivity contribution in [1.29, 1.82) is 0 Å². The molecule has 0 aliphatic rings. The summed E-state index contributed by atoms with van der Waals surface area (Å²) in [6, 6.07) is 16.3. The molecule has 38 heavy (non-hydrogen) atoms. The van der Waals surface area contributed by atoms with Crippen LogP contribution in [-0.4, -0.2) is 12.2 Å². The van der Waals surface area contributed by atoms with E-state index in [9.17, 15) is 15.6 Å². The van der Waals surface area contributed by atoms with Gasteiger partial charge in [-0.15, -0.1) is 0 Å². The van der Waals surface area contributed by atoms with Crippen molar-refractivity contribution in [1.82, 2.24) is 0 Å². The second-order valence-electron chi connectivity index (χ2n) is 8.27. The molecule has 3 aromatic heterocycles. The lowest BCUT2D eigenvalue weighted by molar-refractivity contribution is -0.645. The molecule has 0 amide bonds. The summed E-state index contributed by atoms with van der Waals surface area (Å²) in [5, 5.41) is 45.6. The summed E-state index contributed by atoms with van der Waals surface area (Å²) in [5.41, 5.74) is 7.10. The molecule has 200 valence electrons. The van der Waals surface area contributed by atoms with Crippen LogP contribution in [0.4, 0.5) is 0 Å². The van der Waals surface area contributed by atoms with E-state index in [-0.39, 0.29) is 0 Å². The smallest absolute Gasteiger partial charge is 0.251 e. The van der Waals surface area contributed by atoms with Gasteiger partial charge in [-0.1, -0.05) is 35.3 Å². The van der Waals surface area contributed by atoms with E-state index in [1.165, 1.54) is 87.3 Å². The first-order chi connectivity index (χ1) is 18.4. The number of aliphatic hydroxyl groups excluding tert-OH is 1. The third-order valence-corrected chi connectivity index (χ3v) is 9.31. The van der Waals surface area contributed by atoms with Gasteiger partial charge in [0, 0.05) is 60.8 Å². The number of aliphatic hydroxyl groups is 1. The number of hydrogen-bond donors (Lipinski definition) is 1. The van der Waals surface area contributed by atoms with Gasteiger partial charge in [0.15, 0.2) is 18.6 Å². The molecule has 0 saturated carbocycles. The Balaban J connectivity index is 0.00000195. The summed E-state index contributed by atoms with van der Waals surface area (Å²) in [7, 11) is 1.00. The summed E-state index contributed by atoms with van der Waals surface area (Å²) in [4.78, 5) is 0. The monoisotopic (exact) mass is 569 g/mol. The van der Waals surface area contributed by atoms with Crippen molar-refractivity contribution >= 4 is 35.3 Å². The summed E-state index contributed by atoms with van der Waals surface area (Å²) in [6.07, 6.45) is 4.53. The van der Waals surface area contributed by atoms with Gasteiger partial charge in [-0.05, 0) is 72.4 Å². The van der Waals surface area contributed by atoms with Crippen LogP contribution < -0.4 is 14.2 Å². The van der Waals surface area contributed by atoms with E-state index in [4.69, 9.17) is 5.11 Å². The van der Waals surface area contributed by atoms with E-state index in [2.05, 4.69) is 20.8 Å². The number of nitrogens with zero attached hydrogens (tertiary/aromatic N) is 3. The molecule has 10 heteroatoms. The van der Waals surface area contributed by atoms with Gasteiger partial charge in [-0.25, -0.2) is 0 Å². The molecule has 7 nitrogen and oxygen atoms in total. The number of hydrogen-bond acceptors (Lipinski definition) is 7. The van der Waals surface area contributed by atoms with Crippen LogP contribution in [0.15, 0.2) is 88.3 Å². The van der Waals surface area contributed by atoms with Crippen molar-refractivity contribution in [3.8, 4) is 0 Å². The lowest BCUT2D eigenvalue weighted by Gasteiger charge is -2.22. The third kappa shape index (κ3) is 7.13. The number of rotatable bonds is 9. The molecule has 3 heterocycles. The highest BCUT2D eigenvalue weighted by atomic mass is 32.2. The van der Waals surface area contributed by atoms with Crippen molar-refractivity contribution in [2.24, 2.45) is 0 Å². The average Bonchev–Trinajstić information content (AvgIpc) is 2.92. The third-order valence-electron chi connectivity index (χ3n) is 6.17. The van der Waals surface area contributed by atoms with Gasteiger partial charge in [-0.2, -0.15) is 14.2 Å². The van der Waals surface area contributed by atoms with Crippen LogP contribution in [0.25, 0.3) is 0 Å². The molecule has 0 aliphatic heterocycles. The molecular formula is C28H31N3O4S3. The van der Waals surface area contributed by atoms with Crippen LogP contribution >= 0.6 is 35.3 Å². The van der Waals surface area contributed by atoms with E-state index in [1.807, 2.05) is 36.4 Å². The first-order valence-corrected chi connectivity index (χ1v) is 14.8. The van der Waals surface area contributed by atoms with Crippen LogP contribution in [0.3, 0.4) is 0 Å². The Bertz CT molecular complexity index is 1200. The Morgan fingerprint density at radius 1 is 0.526 bits per heavy atom. The largest absolute Gasteiger partial charge is 0.618 e. The number of thioether (sulfide) groups is 3. The highest BCUT2D eigenvalue weighted by Crippen LogP contribution is 2.36. The lowest BCUT2D eigenvalue weighted by atomic mass is 9.90. The lowest BCUT2D eigenvalue weighted by Crippen LogP contribution is -2.28. The highest BCUT2D eigenvalue weighted by molar-refractivity contribution is 7.98. The van der Waals surface area contributed by atoms with Crippen LogP contribution in [-0.2, 0) is 17.3 Å². The zero-order chi connectivity index (χ0) is 27.7. The van der Waals surface area contributed by atoms with Gasteiger partial charge >= 0.3 is 0 Å². The van der Waals surface area contributed by atoms with Crippen molar-refractivity contribution in [2.75, 3.05) is 7.11 Å². The first-order valence-electron chi connectivity index (χ1n) is 11.8. The Morgan fingerprint density at radius 2 is 0.789 bits per heavy atom. The van der Waals surface area contributed by atoms with Crippen LogP contribution in [0.2, 0.25) is 0 Å². The van der Waals surface area contributed by atoms with E-state index >= 15 is 0 Å². The summed E-state index contributed by atoms with van der Waals surface area (Å²) in [5.74, 6) is 1.96. The van der Waals surface area contributed by atoms with Gasteiger partial charge in [0.2, 0.25) is 0 Å². The number of pyridine rings is 3. The Labute approximate surface area is 236 Å². The number of aromatic nitrogens is 3. The second kappa shape index (κ2) is 14.3. The predicted molar refractivity (Wildman–Crippen MR) is 154 cm³/mol. The van der Waals surface area contributed by atoms with Crippen molar-refractivity contribution in [3.05, 3.63) is 122 Å². The molecule has 0 radical (unpaired) electrons. The van der Waals surface area contributed by atoms with E-state index in [1.54, 1.807) is 18.2 Å². The SMILES string of the molecule is CO.Cc1c(CSc2cccc[n+]2[O-])c(C)c(CSc2cccc[n+]2[O-])c(C)c1CSc1cccc[n+]1[O-]. The van der Waals surface area contributed by atoms with Crippen molar-refractivity contribution < 1.29 is 19.3 Å². The summed E-state index contributed by atoms with van der Waals surface area (Å²) >= 11 is 4.54. The zero-order valence-electron chi connectivity index (χ0n) is 21.8. The quantitative estimate of drug-likeness (QED) is 0.172. The van der Waals surface area contributed by atoms with Gasteiger partial charge in [0.05, 0.1) is 0 Å². The molecule has 4 rings (SSSR count). The number of benzene rings is 1. The van der Waals surface area contributed by atoms with E-state index in [0.717, 1.165) is 21.3 Å². The minimum absolute atomic E-state index is 0.650. The molecule has 1 N–H and O–H groups in total. The molecule has 0 saturated heterocycles. The van der Waals surface area contributed by atoms with Gasteiger partial charge < -0.3 is 20.7 Å². The van der Waals surface area contributed by atoms with E-state index in [0.29, 0.717) is 32.3 Å². The molecule has 4 aromatic rings. The topological polar surface area (TPSA) is 101 Å². The maximum Gasteiger partial charge on any atom is 0.251 e. The molecule has 0 aliphatic carbocycles. The Kier molecular flexibility index (Phi) is 11.1. The standard InChI is InChI=1S/C27H27N3O3S3.CH4O/c1-19-22(16-34-25-10-4-7-13-28(25)31)20(2)24(18-36-27-12-6-9-15-30(27)33)21(3)23(19)17-35-26-11-5-8-14-29(26)32;1-2/h4-15H,16-18H2,1-3H3;2H,1H3. The second-order valence-corrected chi connectivity index (χ2v) is 11.3. The van der Waals surface area contributed by atoms with Gasteiger partial charge in [0.1, 0.15) is 0 Å². The normalized spacial score (nSPS) is 10.7. The Morgan fingerprint density at radius 3 is 1.03 bits per heavy atom. The Hall–Kier alpha value is -2.92. The zero-order valence-corrected chi connectivity index (χ0v) is 24.2. The fourth-order valence-electron chi connectivity index (χ4n) is 4.05. The maximum absolute atomic E-state index is 12.2. The average molecular weight is 570 g/mol. The first kappa shape index (κ1) is 29.6. The molecule has 0 atom stereocenters. The minimum atomic E-state index is 0.650. The molecular weight excluding hydrogens is 539 g/mol. The highest BCUT2D eigenvalue weighted by Gasteiger charge is 2.20. The minimum Gasteiger partial charge on any atom is -0.618 e. The van der Waals surface area contributed by atoms with Gasteiger partial charge in [-0.3, -0.25) is 0 Å². The van der Waals surface area contributed by atoms with Crippen molar-refractivity contribution in [2.45, 2.75) is 53.1 Å². The summed E-state index contributed by atoms with van der Waals surface area (Å²) in [6.45, 7) is 6.37. The molecule has 0 fully saturated rings. The van der Waals surface area contributed by atoms with Gasteiger partial charge in [0.25, 0.3) is 15.1 Å². The fraction of sp³-hybridized carbons (Fsp3) is 0.250. The van der Waals surface area contributed by atoms with Crippen LogP contribution in [0.5, 0.6) is 0 Å². The fourth-order valence-corrected chi connectivity index (χ4v) is 7.32. The van der Waals surface area contributed by atoms with Crippen LogP contribution in [0, 0.1) is 36.4 Å². The summed E-state index contributed by atoms with van der Waals surface area (Å²) < 4.78 is 2.67. The molecule has 0 spiro atoms. The van der Waals surface area contributed by atoms with Crippen LogP contribution in [0.1, 0.15) is 33.4 Å². The van der Waals surface area contributed by atoms with E-state index < -0.39 is 0 Å². The molecule has 0 bridgehead atoms. The molecule has 1 aromatic carbocycles. The maximum atomic E-state index is 12.2. The predicted octanol–water partition coefficient (Wildman–Crippen LogP) is 5.00. The van der Waals surface area contributed by atoms with Crippen molar-refractivity contribution in [3.63, 3.8) is 0 Å².